The summed E-state index contributed by atoms with van der Waals surface area (Å²) in [7, 11) is 3.32. The van der Waals surface area contributed by atoms with Gasteiger partial charge >= 0.3 is 0 Å². The van der Waals surface area contributed by atoms with E-state index in [0.29, 0.717) is 12.0 Å². The molecule has 1 aliphatic heterocycles. The number of ether oxygens (including phenoxy) is 2. The molecule has 100 valence electrons. The van der Waals surface area contributed by atoms with Crippen LogP contribution >= 0.6 is 0 Å². The Morgan fingerprint density at radius 1 is 1.22 bits per heavy atom. The predicted molar refractivity (Wildman–Crippen MR) is 73.5 cm³/mol. The van der Waals surface area contributed by atoms with Gasteiger partial charge in [-0.05, 0) is 24.5 Å². The van der Waals surface area contributed by atoms with Crippen molar-refractivity contribution < 1.29 is 9.47 Å². The Labute approximate surface area is 109 Å². The van der Waals surface area contributed by atoms with Gasteiger partial charge in [0.2, 0.25) is 0 Å². The zero-order valence-electron chi connectivity index (χ0n) is 11.3. The van der Waals surface area contributed by atoms with Crippen molar-refractivity contribution in [1.82, 2.24) is 0 Å². The molecule has 2 atom stereocenters. The first-order valence-corrected chi connectivity index (χ1v) is 6.38. The van der Waals surface area contributed by atoms with Crippen molar-refractivity contribution in [1.29, 1.82) is 0 Å². The highest BCUT2D eigenvalue weighted by atomic mass is 16.5. The highest BCUT2D eigenvalue weighted by molar-refractivity contribution is 5.56. The summed E-state index contributed by atoms with van der Waals surface area (Å²) in [6.07, 6.45) is 1.04. The number of methoxy groups -OCH3 is 2. The standard InChI is InChI=1S/C14H22N2O2/c1-10-9-16(7-6-12(10)15)11-4-5-13(17-2)14(8-11)18-3/h4-5,8,10,12H,6-7,9,15H2,1-3H3. The number of benzene rings is 1. The summed E-state index contributed by atoms with van der Waals surface area (Å²) < 4.78 is 10.6. The van der Waals surface area contributed by atoms with Crippen LogP contribution in [-0.2, 0) is 0 Å². The molecule has 0 aromatic heterocycles. The fourth-order valence-electron chi connectivity index (χ4n) is 2.42. The Morgan fingerprint density at radius 2 is 1.94 bits per heavy atom. The smallest absolute Gasteiger partial charge is 0.162 e. The van der Waals surface area contributed by atoms with E-state index in [-0.39, 0.29) is 0 Å². The molecule has 0 radical (unpaired) electrons. The zero-order chi connectivity index (χ0) is 13.1. The third kappa shape index (κ3) is 2.53. The summed E-state index contributed by atoms with van der Waals surface area (Å²) in [6.45, 7) is 4.20. The average Bonchev–Trinajstić information content (AvgIpc) is 2.41. The minimum atomic E-state index is 0.321. The summed E-state index contributed by atoms with van der Waals surface area (Å²) in [4.78, 5) is 2.36. The Balaban J connectivity index is 2.18. The molecule has 2 unspecified atom stereocenters. The Bertz CT molecular complexity index is 409. The first-order chi connectivity index (χ1) is 8.65. The summed E-state index contributed by atoms with van der Waals surface area (Å²) >= 11 is 0. The lowest BCUT2D eigenvalue weighted by molar-refractivity contribution is 0.354. The molecule has 4 heteroatoms. The van der Waals surface area contributed by atoms with Crippen molar-refractivity contribution in [3.63, 3.8) is 0 Å². The summed E-state index contributed by atoms with van der Waals surface area (Å²) in [5, 5.41) is 0. The second-order valence-electron chi connectivity index (χ2n) is 4.92. The number of rotatable bonds is 3. The molecular formula is C14H22N2O2. The van der Waals surface area contributed by atoms with E-state index >= 15 is 0 Å². The minimum absolute atomic E-state index is 0.321. The van der Waals surface area contributed by atoms with Gasteiger partial charge in [-0.1, -0.05) is 6.92 Å². The molecule has 0 spiro atoms. The van der Waals surface area contributed by atoms with Crippen molar-refractivity contribution >= 4 is 5.69 Å². The summed E-state index contributed by atoms with van der Waals surface area (Å²) in [5.41, 5.74) is 7.22. The van der Waals surface area contributed by atoms with Crippen molar-refractivity contribution in [2.24, 2.45) is 11.7 Å². The topological polar surface area (TPSA) is 47.7 Å². The molecule has 1 aliphatic rings. The lowest BCUT2D eigenvalue weighted by atomic mass is 9.94. The van der Waals surface area contributed by atoms with Gasteiger partial charge in [0.1, 0.15) is 0 Å². The van der Waals surface area contributed by atoms with E-state index in [2.05, 4.69) is 17.9 Å². The fourth-order valence-corrected chi connectivity index (χ4v) is 2.42. The molecule has 2 N–H and O–H groups in total. The molecule has 0 bridgehead atoms. The van der Waals surface area contributed by atoms with Gasteiger partial charge < -0.3 is 20.1 Å². The number of anilines is 1. The van der Waals surface area contributed by atoms with Crippen LogP contribution in [0.4, 0.5) is 5.69 Å². The lowest BCUT2D eigenvalue weighted by Crippen LogP contribution is -2.45. The van der Waals surface area contributed by atoms with Crippen molar-refractivity contribution in [2.45, 2.75) is 19.4 Å². The predicted octanol–water partition coefficient (Wildman–Crippen LogP) is 1.88. The maximum Gasteiger partial charge on any atom is 0.162 e. The first-order valence-electron chi connectivity index (χ1n) is 6.38. The van der Waals surface area contributed by atoms with Crippen LogP contribution in [0, 0.1) is 5.92 Å². The summed E-state index contributed by atoms with van der Waals surface area (Å²) in [6, 6.07) is 6.38. The van der Waals surface area contributed by atoms with E-state index in [0.717, 1.165) is 31.0 Å². The van der Waals surface area contributed by atoms with Crippen LogP contribution in [0.5, 0.6) is 11.5 Å². The van der Waals surface area contributed by atoms with Crippen LogP contribution in [0.3, 0.4) is 0 Å². The molecule has 2 rings (SSSR count). The molecular weight excluding hydrogens is 228 g/mol. The summed E-state index contributed by atoms with van der Waals surface area (Å²) in [5.74, 6) is 2.06. The van der Waals surface area contributed by atoms with Crippen molar-refractivity contribution in [3.8, 4) is 11.5 Å². The molecule has 1 aromatic rings. The molecule has 0 saturated carbocycles. The monoisotopic (exact) mass is 250 g/mol. The third-order valence-corrected chi connectivity index (χ3v) is 3.70. The highest BCUT2D eigenvalue weighted by Gasteiger charge is 2.23. The number of hydrogen-bond donors (Lipinski definition) is 1. The van der Waals surface area contributed by atoms with Crippen LogP contribution in [-0.4, -0.2) is 33.4 Å². The van der Waals surface area contributed by atoms with E-state index < -0.39 is 0 Å². The lowest BCUT2D eigenvalue weighted by Gasteiger charge is -2.36. The molecule has 18 heavy (non-hydrogen) atoms. The first kappa shape index (κ1) is 13.0. The molecule has 1 heterocycles. The molecule has 4 nitrogen and oxygen atoms in total. The third-order valence-electron chi connectivity index (χ3n) is 3.70. The van der Waals surface area contributed by atoms with Gasteiger partial charge in [-0.25, -0.2) is 0 Å². The van der Waals surface area contributed by atoms with E-state index in [9.17, 15) is 0 Å². The molecule has 0 amide bonds. The van der Waals surface area contributed by atoms with Crippen LogP contribution in [0.15, 0.2) is 18.2 Å². The largest absolute Gasteiger partial charge is 0.493 e. The van der Waals surface area contributed by atoms with Crippen LogP contribution in [0.25, 0.3) is 0 Å². The van der Waals surface area contributed by atoms with Gasteiger partial charge in [0, 0.05) is 30.9 Å². The Kier molecular flexibility index (Phi) is 3.97. The molecule has 0 aliphatic carbocycles. The van der Waals surface area contributed by atoms with Gasteiger partial charge in [-0.15, -0.1) is 0 Å². The van der Waals surface area contributed by atoms with E-state index in [1.165, 1.54) is 5.69 Å². The van der Waals surface area contributed by atoms with Gasteiger partial charge in [0.25, 0.3) is 0 Å². The van der Waals surface area contributed by atoms with Crippen LogP contribution in [0.2, 0.25) is 0 Å². The number of hydrogen-bond acceptors (Lipinski definition) is 4. The molecule has 1 saturated heterocycles. The zero-order valence-corrected chi connectivity index (χ0v) is 11.3. The second kappa shape index (κ2) is 5.48. The molecule has 1 fully saturated rings. The quantitative estimate of drug-likeness (QED) is 0.889. The minimum Gasteiger partial charge on any atom is -0.493 e. The number of nitrogens with zero attached hydrogens (tertiary/aromatic N) is 1. The van der Waals surface area contributed by atoms with Gasteiger partial charge in [0.05, 0.1) is 14.2 Å². The maximum atomic E-state index is 6.05. The number of nitrogens with two attached hydrogens (primary N) is 1. The number of piperidine rings is 1. The van der Waals surface area contributed by atoms with E-state index in [1.54, 1.807) is 14.2 Å². The SMILES string of the molecule is COc1ccc(N2CCC(N)C(C)C2)cc1OC. The van der Waals surface area contributed by atoms with E-state index in [1.807, 2.05) is 12.1 Å². The van der Waals surface area contributed by atoms with Crippen LogP contribution in [0.1, 0.15) is 13.3 Å². The normalized spacial score (nSPS) is 23.9. The van der Waals surface area contributed by atoms with Crippen molar-refractivity contribution in [2.75, 3.05) is 32.2 Å². The average molecular weight is 250 g/mol. The second-order valence-corrected chi connectivity index (χ2v) is 4.92. The fraction of sp³-hybridized carbons (Fsp3) is 0.571. The maximum absolute atomic E-state index is 6.05. The molecule has 1 aromatic carbocycles. The van der Waals surface area contributed by atoms with Crippen molar-refractivity contribution in [3.05, 3.63) is 18.2 Å². The Hall–Kier alpha value is -1.42. The van der Waals surface area contributed by atoms with Gasteiger partial charge in [-0.2, -0.15) is 0 Å². The van der Waals surface area contributed by atoms with Gasteiger partial charge in [-0.3, -0.25) is 0 Å². The highest BCUT2D eigenvalue weighted by Crippen LogP contribution is 2.32. The van der Waals surface area contributed by atoms with E-state index in [4.69, 9.17) is 15.2 Å². The van der Waals surface area contributed by atoms with Crippen LogP contribution < -0.4 is 20.1 Å². The van der Waals surface area contributed by atoms with Gasteiger partial charge in [0.15, 0.2) is 11.5 Å². The Morgan fingerprint density at radius 3 is 2.56 bits per heavy atom.